The Kier molecular flexibility index (Phi) is 6.97. The SMILES string of the molecule is O=C(N[C@H](c1cccc(F)c1)C1CC1=O)C1=C(CN2CCNCC2)N(c2ccccc2)Cc2c(F)cccc21. The zero-order valence-electron chi connectivity index (χ0n) is 21.5. The van der Waals surface area contributed by atoms with E-state index in [1.54, 1.807) is 24.3 Å². The van der Waals surface area contributed by atoms with E-state index in [1.165, 1.54) is 18.2 Å². The van der Waals surface area contributed by atoms with Crippen LogP contribution in [-0.4, -0.2) is 49.3 Å². The van der Waals surface area contributed by atoms with Gasteiger partial charge in [0.25, 0.3) is 5.91 Å². The first-order valence-electron chi connectivity index (χ1n) is 13.3. The van der Waals surface area contributed by atoms with Gasteiger partial charge >= 0.3 is 0 Å². The average molecular weight is 529 g/mol. The van der Waals surface area contributed by atoms with Crippen molar-refractivity contribution in [3.05, 3.63) is 107 Å². The largest absolute Gasteiger partial charge is 0.344 e. The Morgan fingerprint density at radius 1 is 1.00 bits per heavy atom. The summed E-state index contributed by atoms with van der Waals surface area (Å²) in [4.78, 5) is 30.8. The number of carbonyl (C=O) groups excluding carboxylic acids is 2. The predicted octanol–water partition coefficient (Wildman–Crippen LogP) is 4.05. The number of fused-ring (bicyclic) bond motifs is 1. The van der Waals surface area contributed by atoms with E-state index in [1.807, 2.05) is 35.2 Å². The van der Waals surface area contributed by atoms with Gasteiger partial charge < -0.3 is 15.5 Å². The van der Waals surface area contributed by atoms with Crippen molar-refractivity contribution in [2.24, 2.45) is 5.92 Å². The highest BCUT2D eigenvalue weighted by Crippen LogP contribution is 2.40. The van der Waals surface area contributed by atoms with Crippen LogP contribution in [0, 0.1) is 17.6 Å². The normalized spacial score (nSPS) is 20.0. The van der Waals surface area contributed by atoms with Crippen molar-refractivity contribution in [3.63, 3.8) is 0 Å². The van der Waals surface area contributed by atoms with Crippen molar-refractivity contribution in [2.75, 3.05) is 37.6 Å². The Bertz CT molecular complexity index is 1440. The predicted molar refractivity (Wildman–Crippen MR) is 146 cm³/mol. The fourth-order valence-corrected chi connectivity index (χ4v) is 5.64. The van der Waals surface area contributed by atoms with E-state index < -0.39 is 23.7 Å². The van der Waals surface area contributed by atoms with Crippen LogP contribution in [0.2, 0.25) is 0 Å². The third kappa shape index (κ3) is 5.22. The summed E-state index contributed by atoms with van der Waals surface area (Å²) in [7, 11) is 0. The van der Waals surface area contributed by atoms with Gasteiger partial charge in [-0.3, -0.25) is 14.5 Å². The van der Waals surface area contributed by atoms with Crippen molar-refractivity contribution in [2.45, 2.75) is 19.0 Å². The van der Waals surface area contributed by atoms with Crippen molar-refractivity contribution < 1.29 is 18.4 Å². The molecular formula is C31H30F2N4O2. The van der Waals surface area contributed by atoms with Gasteiger partial charge in [0.1, 0.15) is 17.4 Å². The molecule has 2 heterocycles. The summed E-state index contributed by atoms with van der Waals surface area (Å²) in [6.07, 6.45) is 0.329. The highest BCUT2D eigenvalue weighted by atomic mass is 19.1. The number of benzene rings is 3. The fourth-order valence-electron chi connectivity index (χ4n) is 5.64. The molecular weight excluding hydrogens is 498 g/mol. The summed E-state index contributed by atoms with van der Waals surface area (Å²) in [6, 6.07) is 19.8. The number of nitrogens with one attached hydrogen (secondary N) is 2. The first-order chi connectivity index (χ1) is 19.0. The molecule has 2 fully saturated rings. The third-order valence-corrected chi connectivity index (χ3v) is 7.77. The second kappa shape index (κ2) is 10.7. The van der Waals surface area contributed by atoms with Gasteiger partial charge in [-0.25, -0.2) is 8.78 Å². The van der Waals surface area contributed by atoms with Gasteiger partial charge in [0, 0.05) is 62.0 Å². The Balaban J connectivity index is 1.47. The van der Waals surface area contributed by atoms with E-state index in [-0.39, 0.29) is 11.6 Å². The molecule has 0 bridgehead atoms. The highest BCUT2D eigenvalue weighted by molar-refractivity contribution is 6.22. The second-order valence-corrected chi connectivity index (χ2v) is 10.3. The van der Waals surface area contributed by atoms with Gasteiger partial charge in [0.05, 0.1) is 18.2 Å². The molecule has 1 amide bonds. The topological polar surface area (TPSA) is 64.7 Å². The van der Waals surface area contributed by atoms with Crippen molar-refractivity contribution in [1.29, 1.82) is 0 Å². The molecule has 2 aliphatic heterocycles. The molecule has 1 saturated carbocycles. The Hall–Kier alpha value is -3.88. The van der Waals surface area contributed by atoms with E-state index in [4.69, 9.17) is 0 Å². The summed E-state index contributed by atoms with van der Waals surface area (Å²) in [5.74, 6) is -1.59. The quantitative estimate of drug-likeness (QED) is 0.485. The average Bonchev–Trinajstić information content (AvgIpc) is 3.68. The maximum Gasteiger partial charge on any atom is 0.254 e. The first kappa shape index (κ1) is 25.4. The summed E-state index contributed by atoms with van der Waals surface area (Å²) < 4.78 is 29.4. The minimum absolute atomic E-state index is 0.0283. The number of carbonyl (C=O) groups is 2. The number of nitrogens with zero attached hydrogens (tertiary/aromatic N) is 2. The molecule has 8 heteroatoms. The number of amides is 1. The molecule has 2 atom stereocenters. The number of rotatable bonds is 7. The number of ketones is 1. The number of halogens is 2. The minimum atomic E-state index is -0.669. The second-order valence-electron chi connectivity index (χ2n) is 10.3. The van der Waals surface area contributed by atoms with Gasteiger partial charge in [-0.2, -0.15) is 0 Å². The summed E-state index contributed by atoms with van der Waals surface area (Å²) in [5, 5.41) is 6.42. The zero-order valence-corrected chi connectivity index (χ0v) is 21.5. The maximum absolute atomic E-state index is 15.3. The van der Waals surface area contributed by atoms with Crippen molar-refractivity contribution >= 4 is 23.0 Å². The molecule has 6 rings (SSSR count). The molecule has 1 aliphatic carbocycles. The van der Waals surface area contributed by atoms with E-state index in [2.05, 4.69) is 15.5 Å². The number of Topliss-reactive ketones (excluding diaryl/α,β-unsaturated/α-hetero) is 1. The molecule has 39 heavy (non-hydrogen) atoms. The Labute approximate surface area is 226 Å². The summed E-state index contributed by atoms with van der Waals surface area (Å²) in [6.45, 7) is 4.12. The Morgan fingerprint density at radius 3 is 2.46 bits per heavy atom. The number of piperazine rings is 1. The van der Waals surface area contributed by atoms with E-state index in [0.717, 1.165) is 37.6 Å². The van der Waals surface area contributed by atoms with Gasteiger partial charge in [-0.05, 0) is 41.5 Å². The van der Waals surface area contributed by atoms with Crippen LogP contribution in [0.3, 0.4) is 0 Å². The van der Waals surface area contributed by atoms with E-state index >= 15 is 4.39 Å². The molecule has 1 saturated heterocycles. The van der Waals surface area contributed by atoms with Crippen LogP contribution in [0.5, 0.6) is 0 Å². The lowest BCUT2D eigenvalue weighted by Crippen LogP contribution is -2.47. The monoisotopic (exact) mass is 528 g/mol. The molecule has 0 spiro atoms. The maximum atomic E-state index is 15.3. The summed E-state index contributed by atoms with van der Waals surface area (Å²) >= 11 is 0. The molecule has 0 aromatic heterocycles. The standard InChI is InChI=1S/C31H30F2N4O2/c32-21-7-4-6-20(16-21)30(24-17-28(24)38)35-31(39)29-23-10-5-11-26(33)25(23)18-37(22-8-2-1-3-9-22)27(29)19-36-14-12-34-13-15-36/h1-11,16,24,30,34H,12-15,17-19H2,(H,35,39)/t24?,30-/m1/s1. The fraction of sp³-hybridized carbons (Fsp3) is 0.290. The van der Waals surface area contributed by atoms with E-state index in [9.17, 15) is 14.0 Å². The van der Waals surface area contributed by atoms with Crippen LogP contribution in [0.25, 0.3) is 5.57 Å². The van der Waals surface area contributed by atoms with Crippen molar-refractivity contribution in [3.8, 4) is 0 Å². The van der Waals surface area contributed by atoms with Crippen LogP contribution in [0.15, 0.2) is 78.5 Å². The van der Waals surface area contributed by atoms with Crippen LogP contribution in [0.1, 0.15) is 29.2 Å². The Morgan fingerprint density at radius 2 is 1.74 bits per heavy atom. The highest BCUT2D eigenvalue weighted by Gasteiger charge is 2.44. The molecule has 3 aliphatic rings. The summed E-state index contributed by atoms with van der Waals surface area (Å²) in [5.41, 5.74) is 3.55. The van der Waals surface area contributed by atoms with Crippen LogP contribution < -0.4 is 15.5 Å². The molecule has 0 radical (unpaired) electrons. The third-order valence-electron chi connectivity index (χ3n) is 7.77. The smallest absolute Gasteiger partial charge is 0.254 e. The van der Waals surface area contributed by atoms with Gasteiger partial charge in [-0.15, -0.1) is 0 Å². The van der Waals surface area contributed by atoms with Crippen LogP contribution >= 0.6 is 0 Å². The molecule has 1 unspecified atom stereocenters. The molecule has 3 aromatic carbocycles. The van der Waals surface area contributed by atoms with Crippen molar-refractivity contribution in [1.82, 2.24) is 15.5 Å². The molecule has 3 aromatic rings. The minimum Gasteiger partial charge on any atom is -0.344 e. The zero-order chi connectivity index (χ0) is 26.9. The lowest BCUT2D eigenvalue weighted by Gasteiger charge is -2.38. The number of hydrogen-bond donors (Lipinski definition) is 2. The number of para-hydroxylation sites is 1. The van der Waals surface area contributed by atoms with Gasteiger partial charge in [0.15, 0.2) is 0 Å². The van der Waals surface area contributed by atoms with Crippen LogP contribution in [-0.2, 0) is 16.1 Å². The van der Waals surface area contributed by atoms with Gasteiger partial charge in [-0.1, -0.05) is 42.5 Å². The van der Waals surface area contributed by atoms with Gasteiger partial charge in [0.2, 0.25) is 0 Å². The molecule has 6 nitrogen and oxygen atoms in total. The van der Waals surface area contributed by atoms with E-state index in [0.29, 0.717) is 41.8 Å². The lowest BCUT2D eigenvalue weighted by molar-refractivity contribution is -0.116. The lowest BCUT2D eigenvalue weighted by atomic mass is 9.90. The number of anilines is 1. The van der Waals surface area contributed by atoms with Crippen LogP contribution in [0.4, 0.5) is 14.5 Å². The first-order valence-corrected chi connectivity index (χ1v) is 13.3. The molecule has 2 N–H and O–H groups in total. The number of hydrogen-bond acceptors (Lipinski definition) is 5. The molecule has 200 valence electrons.